The number of pyridine rings is 1. The van der Waals surface area contributed by atoms with E-state index in [4.69, 9.17) is 5.73 Å². The van der Waals surface area contributed by atoms with Gasteiger partial charge in [0.15, 0.2) is 0 Å². The van der Waals surface area contributed by atoms with Gasteiger partial charge in [-0.25, -0.2) is 0 Å². The number of nitrogens with one attached hydrogen (secondary N) is 1. The molecule has 3 nitrogen and oxygen atoms in total. The van der Waals surface area contributed by atoms with Gasteiger partial charge in [-0.3, -0.25) is 4.98 Å². The molecule has 2 atom stereocenters. The molecule has 1 fully saturated rings. The molecule has 2 rings (SSSR count). The highest BCUT2D eigenvalue weighted by molar-refractivity contribution is 7.99. The van der Waals surface area contributed by atoms with E-state index in [0.29, 0.717) is 6.04 Å². The molecule has 2 unspecified atom stereocenters. The van der Waals surface area contributed by atoms with Gasteiger partial charge in [0, 0.05) is 17.5 Å². The molecular weight excluding hydrogens is 218 g/mol. The Bertz CT molecular complexity index is 343. The summed E-state index contributed by atoms with van der Waals surface area (Å²) in [5.74, 6) is 0. The Balaban J connectivity index is 1.94. The fraction of sp³-hybridized carbons (Fsp3) is 0.583. The third kappa shape index (κ3) is 3.04. The van der Waals surface area contributed by atoms with Crippen molar-refractivity contribution in [1.29, 1.82) is 0 Å². The van der Waals surface area contributed by atoms with Crippen LogP contribution < -0.4 is 11.1 Å². The molecule has 0 radical (unpaired) electrons. The molecule has 3 N–H and O–H groups in total. The summed E-state index contributed by atoms with van der Waals surface area (Å²) >= 11 is 1.98. The van der Waals surface area contributed by atoms with Crippen molar-refractivity contribution in [1.82, 2.24) is 4.98 Å². The molecule has 1 heterocycles. The summed E-state index contributed by atoms with van der Waals surface area (Å²) in [6.45, 7) is 0. The normalized spacial score (nSPS) is 25.3. The first-order valence-electron chi connectivity index (χ1n) is 5.78. The van der Waals surface area contributed by atoms with Gasteiger partial charge in [-0.1, -0.05) is 6.42 Å². The van der Waals surface area contributed by atoms with E-state index in [2.05, 4.69) is 16.6 Å². The first-order chi connectivity index (χ1) is 7.78. The van der Waals surface area contributed by atoms with Crippen molar-refractivity contribution >= 4 is 23.1 Å². The highest BCUT2D eigenvalue weighted by Crippen LogP contribution is 2.28. The van der Waals surface area contributed by atoms with Gasteiger partial charge in [-0.2, -0.15) is 11.8 Å². The number of nitrogens with two attached hydrogens (primary N) is 1. The highest BCUT2D eigenvalue weighted by atomic mass is 32.2. The number of hydrogen-bond acceptors (Lipinski definition) is 4. The number of hydrogen-bond donors (Lipinski definition) is 2. The molecule has 1 aromatic rings. The van der Waals surface area contributed by atoms with Gasteiger partial charge < -0.3 is 11.1 Å². The molecule has 0 bridgehead atoms. The maximum Gasteiger partial charge on any atom is 0.0549 e. The van der Waals surface area contributed by atoms with Gasteiger partial charge in [0.1, 0.15) is 0 Å². The van der Waals surface area contributed by atoms with Crippen LogP contribution in [-0.4, -0.2) is 22.5 Å². The second-order valence-corrected chi connectivity index (χ2v) is 5.51. The maximum absolute atomic E-state index is 5.71. The molecule has 0 spiro atoms. The standard InChI is InChI=1S/C12H19N3S/c1-16-12-4-2-3-10(6-12)15-11-5-9(13)7-14-8-11/h5,7-8,10,12,15H,2-4,6,13H2,1H3. The SMILES string of the molecule is CSC1CCCC(Nc2cncc(N)c2)C1. The average molecular weight is 237 g/mol. The van der Waals surface area contributed by atoms with Gasteiger partial charge in [-0.15, -0.1) is 0 Å². The quantitative estimate of drug-likeness (QED) is 0.848. The lowest BCUT2D eigenvalue weighted by Crippen LogP contribution is -2.28. The van der Waals surface area contributed by atoms with Gasteiger partial charge in [-0.05, 0) is 31.6 Å². The van der Waals surface area contributed by atoms with Crippen LogP contribution in [0.25, 0.3) is 0 Å². The molecule has 0 amide bonds. The van der Waals surface area contributed by atoms with Crippen LogP contribution in [0.5, 0.6) is 0 Å². The third-order valence-electron chi connectivity index (χ3n) is 3.09. The van der Waals surface area contributed by atoms with E-state index in [1.165, 1.54) is 25.7 Å². The summed E-state index contributed by atoms with van der Waals surface area (Å²) in [5.41, 5.74) is 7.48. The van der Waals surface area contributed by atoms with Crippen molar-refractivity contribution < 1.29 is 0 Å². The Morgan fingerprint density at radius 1 is 1.44 bits per heavy atom. The summed E-state index contributed by atoms with van der Waals surface area (Å²) in [4.78, 5) is 4.10. The zero-order chi connectivity index (χ0) is 11.4. The summed E-state index contributed by atoms with van der Waals surface area (Å²) < 4.78 is 0. The average Bonchev–Trinajstić information content (AvgIpc) is 2.29. The molecule has 0 saturated heterocycles. The van der Waals surface area contributed by atoms with E-state index < -0.39 is 0 Å². The predicted molar refractivity (Wildman–Crippen MR) is 71.8 cm³/mol. The van der Waals surface area contributed by atoms with Crippen LogP contribution in [0, 0.1) is 0 Å². The highest BCUT2D eigenvalue weighted by Gasteiger charge is 2.20. The van der Waals surface area contributed by atoms with Crippen LogP contribution >= 0.6 is 11.8 Å². The van der Waals surface area contributed by atoms with Crippen molar-refractivity contribution in [3.05, 3.63) is 18.5 Å². The fourth-order valence-electron chi connectivity index (χ4n) is 2.26. The second-order valence-electron chi connectivity index (χ2n) is 4.37. The maximum atomic E-state index is 5.71. The Labute approximate surface area is 101 Å². The molecule has 1 aliphatic carbocycles. The molecule has 1 saturated carbocycles. The minimum absolute atomic E-state index is 0.579. The van der Waals surface area contributed by atoms with Crippen molar-refractivity contribution in [3.63, 3.8) is 0 Å². The molecule has 4 heteroatoms. The number of aromatic nitrogens is 1. The smallest absolute Gasteiger partial charge is 0.0549 e. The topological polar surface area (TPSA) is 50.9 Å². The van der Waals surface area contributed by atoms with E-state index in [9.17, 15) is 0 Å². The van der Waals surface area contributed by atoms with E-state index in [1.807, 2.05) is 24.0 Å². The predicted octanol–water partition coefficient (Wildman–Crippen LogP) is 2.75. The van der Waals surface area contributed by atoms with Crippen molar-refractivity contribution in [2.45, 2.75) is 37.0 Å². The van der Waals surface area contributed by atoms with Gasteiger partial charge in [0.05, 0.1) is 17.6 Å². The van der Waals surface area contributed by atoms with Crippen molar-refractivity contribution in [2.24, 2.45) is 0 Å². The van der Waals surface area contributed by atoms with Crippen LogP contribution in [0.2, 0.25) is 0 Å². The Kier molecular flexibility index (Phi) is 3.93. The lowest BCUT2D eigenvalue weighted by Gasteiger charge is -2.29. The summed E-state index contributed by atoms with van der Waals surface area (Å²) in [6.07, 6.45) is 10.9. The van der Waals surface area contributed by atoms with Gasteiger partial charge in [0.25, 0.3) is 0 Å². The van der Waals surface area contributed by atoms with Gasteiger partial charge >= 0.3 is 0 Å². The Morgan fingerprint density at radius 2 is 2.31 bits per heavy atom. The lowest BCUT2D eigenvalue weighted by molar-refractivity contribution is 0.473. The monoisotopic (exact) mass is 237 g/mol. The minimum Gasteiger partial charge on any atom is -0.397 e. The van der Waals surface area contributed by atoms with Crippen LogP contribution in [0.3, 0.4) is 0 Å². The fourth-order valence-corrected chi connectivity index (χ4v) is 3.09. The Hall–Kier alpha value is -0.900. The molecule has 16 heavy (non-hydrogen) atoms. The van der Waals surface area contributed by atoms with Crippen LogP contribution in [0.15, 0.2) is 18.5 Å². The van der Waals surface area contributed by atoms with Gasteiger partial charge in [0.2, 0.25) is 0 Å². The molecule has 0 aliphatic heterocycles. The first-order valence-corrected chi connectivity index (χ1v) is 7.06. The zero-order valence-electron chi connectivity index (χ0n) is 9.65. The van der Waals surface area contributed by atoms with E-state index in [0.717, 1.165) is 16.6 Å². The van der Waals surface area contributed by atoms with E-state index in [-0.39, 0.29) is 0 Å². The largest absolute Gasteiger partial charge is 0.397 e. The lowest BCUT2D eigenvalue weighted by atomic mass is 9.95. The molecule has 88 valence electrons. The summed E-state index contributed by atoms with van der Waals surface area (Å²) in [5, 5.41) is 4.34. The molecule has 0 aromatic carbocycles. The minimum atomic E-state index is 0.579. The number of rotatable bonds is 3. The molecular formula is C12H19N3S. The molecule has 1 aromatic heterocycles. The third-order valence-corrected chi connectivity index (χ3v) is 4.18. The second kappa shape index (κ2) is 5.43. The number of anilines is 2. The Morgan fingerprint density at radius 3 is 3.06 bits per heavy atom. The zero-order valence-corrected chi connectivity index (χ0v) is 10.5. The molecule has 1 aliphatic rings. The van der Waals surface area contributed by atoms with Crippen molar-refractivity contribution in [3.8, 4) is 0 Å². The van der Waals surface area contributed by atoms with E-state index in [1.54, 1.807) is 6.20 Å². The number of nitrogen functional groups attached to an aromatic ring is 1. The first kappa shape index (κ1) is 11.6. The van der Waals surface area contributed by atoms with Crippen molar-refractivity contribution in [2.75, 3.05) is 17.3 Å². The number of thioether (sulfide) groups is 1. The summed E-state index contributed by atoms with van der Waals surface area (Å²) in [6, 6.07) is 2.53. The summed E-state index contributed by atoms with van der Waals surface area (Å²) in [7, 11) is 0. The van der Waals surface area contributed by atoms with Crippen LogP contribution in [0.1, 0.15) is 25.7 Å². The van der Waals surface area contributed by atoms with Crippen LogP contribution in [0.4, 0.5) is 11.4 Å². The number of nitrogens with zero attached hydrogens (tertiary/aromatic N) is 1. The van der Waals surface area contributed by atoms with Crippen LogP contribution in [-0.2, 0) is 0 Å². The van der Waals surface area contributed by atoms with E-state index >= 15 is 0 Å².